The Morgan fingerprint density at radius 2 is 1.52 bits per heavy atom. The van der Waals surface area contributed by atoms with E-state index < -0.39 is 0 Å². The van der Waals surface area contributed by atoms with E-state index in [1.165, 1.54) is 6.92 Å². The number of amides is 1. The van der Waals surface area contributed by atoms with Gasteiger partial charge in [-0.3, -0.25) is 14.4 Å². The standard InChI is InChI=1S/C21H21NO3/c1-14(23)17-5-3-16(4-6-17)11-21(25)22-10-9-19-12-18(15(2)24)7-8-20(19)13-22/h3-8,12H,9-11,13H2,1-2H3. The van der Waals surface area contributed by atoms with E-state index in [0.717, 1.165) is 28.7 Å². The molecule has 0 fully saturated rings. The second-order valence-electron chi connectivity index (χ2n) is 6.53. The maximum absolute atomic E-state index is 12.6. The molecule has 0 bridgehead atoms. The van der Waals surface area contributed by atoms with Gasteiger partial charge in [-0.2, -0.15) is 0 Å². The van der Waals surface area contributed by atoms with E-state index in [1.807, 2.05) is 35.2 Å². The molecule has 1 aliphatic rings. The quantitative estimate of drug-likeness (QED) is 0.806. The zero-order valence-electron chi connectivity index (χ0n) is 14.5. The monoisotopic (exact) mass is 335 g/mol. The minimum atomic E-state index is 0.0236. The van der Waals surface area contributed by atoms with Crippen LogP contribution in [0.4, 0.5) is 0 Å². The summed E-state index contributed by atoms with van der Waals surface area (Å²) in [5.41, 5.74) is 4.56. The zero-order chi connectivity index (χ0) is 18.0. The van der Waals surface area contributed by atoms with Crippen molar-refractivity contribution in [2.75, 3.05) is 6.54 Å². The fraction of sp³-hybridized carbons (Fsp3) is 0.286. The molecule has 1 heterocycles. The van der Waals surface area contributed by atoms with E-state index in [9.17, 15) is 14.4 Å². The predicted molar refractivity (Wildman–Crippen MR) is 95.7 cm³/mol. The molecule has 1 aliphatic heterocycles. The molecule has 128 valence electrons. The number of Topliss-reactive ketones (excluding diaryl/α,β-unsaturated/α-hetero) is 2. The summed E-state index contributed by atoms with van der Waals surface area (Å²) in [5, 5.41) is 0. The summed E-state index contributed by atoms with van der Waals surface area (Å²) in [5.74, 6) is 0.169. The van der Waals surface area contributed by atoms with Crippen molar-refractivity contribution in [3.05, 3.63) is 70.3 Å². The molecular weight excluding hydrogens is 314 g/mol. The first-order valence-corrected chi connectivity index (χ1v) is 8.44. The SMILES string of the molecule is CC(=O)c1ccc(CC(=O)N2CCc3cc(C(C)=O)ccc3C2)cc1. The summed E-state index contributed by atoms with van der Waals surface area (Å²) < 4.78 is 0. The molecule has 0 radical (unpaired) electrons. The number of hydrogen-bond acceptors (Lipinski definition) is 3. The van der Waals surface area contributed by atoms with Crippen molar-refractivity contribution in [2.24, 2.45) is 0 Å². The van der Waals surface area contributed by atoms with Crippen molar-refractivity contribution in [3.8, 4) is 0 Å². The maximum Gasteiger partial charge on any atom is 0.227 e. The fourth-order valence-electron chi connectivity index (χ4n) is 3.13. The summed E-state index contributed by atoms with van der Waals surface area (Å²) in [7, 11) is 0. The highest BCUT2D eigenvalue weighted by Crippen LogP contribution is 2.21. The molecule has 0 saturated heterocycles. The normalized spacial score (nSPS) is 13.3. The second kappa shape index (κ2) is 7.01. The lowest BCUT2D eigenvalue weighted by molar-refractivity contribution is -0.131. The van der Waals surface area contributed by atoms with Crippen LogP contribution in [0.3, 0.4) is 0 Å². The molecule has 1 amide bonds. The number of fused-ring (bicyclic) bond motifs is 1. The van der Waals surface area contributed by atoms with Gasteiger partial charge in [0.2, 0.25) is 5.91 Å². The van der Waals surface area contributed by atoms with Gasteiger partial charge in [0, 0.05) is 24.2 Å². The fourth-order valence-corrected chi connectivity index (χ4v) is 3.13. The first-order valence-electron chi connectivity index (χ1n) is 8.44. The Labute approximate surface area is 147 Å². The van der Waals surface area contributed by atoms with Crippen molar-refractivity contribution in [1.29, 1.82) is 0 Å². The Hall–Kier alpha value is -2.75. The minimum absolute atomic E-state index is 0.0236. The van der Waals surface area contributed by atoms with E-state index in [1.54, 1.807) is 19.1 Å². The summed E-state index contributed by atoms with van der Waals surface area (Å²) in [4.78, 5) is 37.2. The van der Waals surface area contributed by atoms with Crippen LogP contribution < -0.4 is 0 Å². The Kier molecular flexibility index (Phi) is 4.79. The molecule has 0 saturated carbocycles. The summed E-state index contributed by atoms with van der Waals surface area (Å²) in [6.45, 7) is 4.34. The first kappa shape index (κ1) is 17.1. The average molecular weight is 335 g/mol. The van der Waals surface area contributed by atoms with Crippen molar-refractivity contribution in [2.45, 2.75) is 33.2 Å². The Balaban J connectivity index is 1.68. The van der Waals surface area contributed by atoms with Gasteiger partial charge >= 0.3 is 0 Å². The molecule has 2 aromatic carbocycles. The van der Waals surface area contributed by atoms with Crippen LogP contribution in [0.25, 0.3) is 0 Å². The third-order valence-corrected chi connectivity index (χ3v) is 4.69. The largest absolute Gasteiger partial charge is 0.338 e. The highest BCUT2D eigenvalue weighted by atomic mass is 16.2. The number of carbonyl (C=O) groups excluding carboxylic acids is 3. The summed E-state index contributed by atoms with van der Waals surface area (Å²) in [6.07, 6.45) is 1.10. The van der Waals surface area contributed by atoms with E-state index >= 15 is 0 Å². The van der Waals surface area contributed by atoms with Crippen LogP contribution in [-0.4, -0.2) is 28.9 Å². The van der Waals surface area contributed by atoms with Crippen LogP contribution in [0, 0.1) is 0 Å². The predicted octanol–water partition coefficient (Wildman–Crippen LogP) is 3.22. The van der Waals surface area contributed by atoms with Crippen molar-refractivity contribution in [3.63, 3.8) is 0 Å². The molecule has 0 unspecified atom stereocenters. The van der Waals surface area contributed by atoms with Gasteiger partial charge < -0.3 is 4.90 Å². The molecule has 0 spiro atoms. The molecule has 0 N–H and O–H groups in total. The van der Waals surface area contributed by atoms with E-state index in [4.69, 9.17) is 0 Å². The lowest BCUT2D eigenvalue weighted by Crippen LogP contribution is -2.37. The van der Waals surface area contributed by atoms with E-state index in [0.29, 0.717) is 25.1 Å². The molecule has 3 rings (SSSR count). The minimum Gasteiger partial charge on any atom is -0.338 e. The maximum atomic E-state index is 12.6. The first-order chi connectivity index (χ1) is 11.9. The molecule has 25 heavy (non-hydrogen) atoms. The van der Waals surface area contributed by atoms with Gasteiger partial charge in [0.1, 0.15) is 0 Å². The Morgan fingerprint density at radius 1 is 0.880 bits per heavy atom. The molecule has 4 heteroatoms. The number of carbonyl (C=O) groups is 3. The van der Waals surface area contributed by atoms with E-state index in [-0.39, 0.29) is 17.5 Å². The molecule has 0 aliphatic carbocycles. The van der Waals surface area contributed by atoms with Crippen molar-refractivity contribution >= 4 is 17.5 Å². The lowest BCUT2D eigenvalue weighted by Gasteiger charge is -2.29. The lowest BCUT2D eigenvalue weighted by atomic mass is 9.95. The van der Waals surface area contributed by atoms with Gasteiger partial charge in [-0.05, 0) is 43.0 Å². The zero-order valence-corrected chi connectivity index (χ0v) is 14.5. The van der Waals surface area contributed by atoms with Crippen molar-refractivity contribution < 1.29 is 14.4 Å². The summed E-state index contributed by atoms with van der Waals surface area (Å²) in [6, 6.07) is 12.9. The van der Waals surface area contributed by atoms with Crippen LogP contribution in [-0.2, 0) is 24.2 Å². The third kappa shape index (κ3) is 3.85. The topological polar surface area (TPSA) is 54.5 Å². The van der Waals surface area contributed by atoms with Crippen LogP contribution in [0.5, 0.6) is 0 Å². The van der Waals surface area contributed by atoms with E-state index in [2.05, 4.69) is 0 Å². The van der Waals surface area contributed by atoms with Gasteiger partial charge in [0.15, 0.2) is 11.6 Å². The number of hydrogen-bond donors (Lipinski definition) is 0. The molecule has 2 aromatic rings. The number of benzene rings is 2. The Bertz CT molecular complexity index is 837. The van der Waals surface area contributed by atoms with Crippen LogP contribution in [0.15, 0.2) is 42.5 Å². The number of rotatable bonds is 4. The average Bonchev–Trinajstić information content (AvgIpc) is 2.61. The highest BCUT2D eigenvalue weighted by molar-refractivity contribution is 5.94. The van der Waals surface area contributed by atoms with Crippen molar-refractivity contribution in [1.82, 2.24) is 4.90 Å². The highest BCUT2D eigenvalue weighted by Gasteiger charge is 2.21. The Morgan fingerprint density at radius 3 is 2.16 bits per heavy atom. The van der Waals surface area contributed by atoms with Gasteiger partial charge in [0.25, 0.3) is 0 Å². The number of nitrogens with zero attached hydrogens (tertiary/aromatic N) is 1. The van der Waals surface area contributed by atoms with Gasteiger partial charge in [-0.15, -0.1) is 0 Å². The van der Waals surface area contributed by atoms with Gasteiger partial charge in [-0.25, -0.2) is 0 Å². The summed E-state index contributed by atoms with van der Waals surface area (Å²) >= 11 is 0. The van der Waals surface area contributed by atoms with Gasteiger partial charge in [0.05, 0.1) is 6.42 Å². The molecule has 0 atom stereocenters. The second-order valence-corrected chi connectivity index (χ2v) is 6.53. The third-order valence-electron chi connectivity index (χ3n) is 4.69. The molecule has 0 aromatic heterocycles. The number of ketones is 2. The smallest absolute Gasteiger partial charge is 0.227 e. The molecule has 4 nitrogen and oxygen atoms in total. The van der Waals surface area contributed by atoms with Gasteiger partial charge in [-0.1, -0.05) is 36.4 Å². The van der Waals surface area contributed by atoms with Crippen LogP contribution in [0.2, 0.25) is 0 Å². The molecular formula is C21H21NO3. The van der Waals surface area contributed by atoms with Crippen LogP contribution in [0.1, 0.15) is 51.3 Å². The van der Waals surface area contributed by atoms with Crippen LogP contribution >= 0.6 is 0 Å².